The molecule has 8 heteroatoms. The lowest BCUT2D eigenvalue weighted by Crippen LogP contribution is -2.33. The first-order valence-electron chi connectivity index (χ1n) is 10.3. The normalized spacial score (nSPS) is 13.9. The summed E-state index contributed by atoms with van der Waals surface area (Å²) in [6, 6.07) is 13.3. The topological polar surface area (TPSA) is 105 Å². The number of carbonyl (C=O) groups excluding carboxylic acids is 2. The number of rotatable bonds is 9. The molecule has 0 saturated carbocycles. The Bertz CT molecular complexity index is 950. The van der Waals surface area contributed by atoms with Crippen molar-refractivity contribution in [3.63, 3.8) is 0 Å². The minimum absolute atomic E-state index is 0.0548. The van der Waals surface area contributed by atoms with Gasteiger partial charge < -0.3 is 15.5 Å². The number of para-hydroxylation sites is 1. The first-order chi connectivity index (χ1) is 15.0. The van der Waals surface area contributed by atoms with E-state index in [1.54, 1.807) is 42.5 Å². The Hall–Kier alpha value is -3.52. The summed E-state index contributed by atoms with van der Waals surface area (Å²) in [6.45, 7) is 4.00. The standard InChI is InChI=1S/C23H26N4O4/c28-22(12-11-19-5-1-2-6-21(19)27(30)31)25-17-18-7-9-20(10-8-18)23(29)24-13-16-26-14-3-4-15-26/h1-2,5-12H,3-4,13-17H2,(H,24,29)(H,25,28). The quantitative estimate of drug-likeness (QED) is 0.367. The second kappa shape index (κ2) is 11.0. The summed E-state index contributed by atoms with van der Waals surface area (Å²) in [5.74, 6) is -0.468. The van der Waals surface area contributed by atoms with Gasteiger partial charge in [-0.2, -0.15) is 0 Å². The zero-order chi connectivity index (χ0) is 22.1. The third-order valence-electron chi connectivity index (χ3n) is 5.14. The van der Waals surface area contributed by atoms with Crippen molar-refractivity contribution in [1.29, 1.82) is 0 Å². The average molecular weight is 422 g/mol. The van der Waals surface area contributed by atoms with E-state index in [1.807, 2.05) is 0 Å². The summed E-state index contributed by atoms with van der Waals surface area (Å²) in [6.07, 6.45) is 5.15. The van der Waals surface area contributed by atoms with Gasteiger partial charge in [-0.05, 0) is 55.8 Å². The third kappa shape index (κ3) is 6.75. The van der Waals surface area contributed by atoms with Crippen LogP contribution in [-0.2, 0) is 11.3 Å². The van der Waals surface area contributed by atoms with E-state index in [2.05, 4.69) is 15.5 Å². The van der Waals surface area contributed by atoms with Crippen molar-refractivity contribution in [1.82, 2.24) is 15.5 Å². The van der Waals surface area contributed by atoms with Crippen LogP contribution >= 0.6 is 0 Å². The molecule has 2 amide bonds. The highest BCUT2D eigenvalue weighted by Gasteiger charge is 2.12. The summed E-state index contributed by atoms with van der Waals surface area (Å²) < 4.78 is 0. The van der Waals surface area contributed by atoms with Gasteiger partial charge in [0.1, 0.15) is 0 Å². The predicted molar refractivity (Wildman–Crippen MR) is 118 cm³/mol. The summed E-state index contributed by atoms with van der Waals surface area (Å²) >= 11 is 0. The lowest BCUT2D eigenvalue weighted by Gasteiger charge is -2.14. The molecule has 0 aromatic heterocycles. The lowest BCUT2D eigenvalue weighted by molar-refractivity contribution is -0.385. The van der Waals surface area contributed by atoms with E-state index in [1.165, 1.54) is 31.1 Å². The van der Waals surface area contributed by atoms with Crippen molar-refractivity contribution < 1.29 is 14.5 Å². The molecule has 0 bridgehead atoms. The Morgan fingerprint density at radius 2 is 1.74 bits per heavy atom. The number of nitro benzene ring substituents is 1. The number of hydrogen-bond donors (Lipinski definition) is 2. The van der Waals surface area contributed by atoms with E-state index in [0.29, 0.717) is 17.7 Å². The zero-order valence-corrected chi connectivity index (χ0v) is 17.3. The van der Waals surface area contributed by atoms with Gasteiger partial charge in [-0.1, -0.05) is 24.3 Å². The molecular weight excluding hydrogens is 396 g/mol. The molecule has 0 radical (unpaired) electrons. The largest absolute Gasteiger partial charge is 0.351 e. The molecule has 2 N–H and O–H groups in total. The monoisotopic (exact) mass is 422 g/mol. The van der Waals surface area contributed by atoms with Crippen LogP contribution in [0, 0.1) is 10.1 Å². The van der Waals surface area contributed by atoms with Gasteiger partial charge in [-0.25, -0.2) is 0 Å². The Kier molecular flexibility index (Phi) is 7.89. The number of nitro groups is 1. The molecule has 31 heavy (non-hydrogen) atoms. The average Bonchev–Trinajstić information content (AvgIpc) is 3.30. The molecule has 1 saturated heterocycles. The van der Waals surface area contributed by atoms with Crippen LogP contribution in [0.15, 0.2) is 54.6 Å². The summed E-state index contributed by atoms with van der Waals surface area (Å²) in [4.78, 5) is 37.1. The fraction of sp³-hybridized carbons (Fsp3) is 0.304. The van der Waals surface area contributed by atoms with Crippen molar-refractivity contribution in [3.05, 3.63) is 81.4 Å². The van der Waals surface area contributed by atoms with E-state index in [-0.39, 0.29) is 24.0 Å². The molecule has 1 aliphatic rings. The smallest absolute Gasteiger partial charge is 0.276 e. The van der Waals surface area contributed by atoms with Gasteiger partial charge in [0.05, 0.1) is 10.5 Å². The molecule has 8 nitrogen and oxygen atoms in total. The fourth-order valence-corrected chi connectivity index (χ4v) is 3.42. The molecule has 3 rings (SSSR count). The number of likely N-dealkylation sites (tertiary alicyclic amines) is 1. The van der Waals surface area contributed by atoms with Crippen LogP contribution in [0.1, 0.15) is 34.3 Å². The first-order valence-corrected chi connectivity index (χ1v) is 10.3. The Balaban J connectivity index is 1.44. The third-order valence-corrected chi connectivity index (χ3v) is 5.14. The Morgan fingerprint density at radius 3 is 2.45 bits per heavy atom. The van der Waals surface area contributed by atoms with Gasteiger partial charge in [0.2, 0.25) is 5.91 Å². The Labute approximate surface area is 181 Å². The maximum absolute atomic E-state index is 12.2. The maximum atomic E-state index is 12.2. The number of benzene rings is 2. The molecule has 162 valence electrons. The molecule has 1 heterocycles. The summed E-state index contributed by atoms with van der Waals surface area (Å²) in [5, 5.41) is 16.7. The second-order valence-corrected chi connectivity index (χ2v) is 7.37. The summed E-state index contributed by atoms with van der Waals surface area (Å²) in [7, 11) is 0. The molecule has 0 unspecified atom stereocenters. The van der Waals surface area contributed by atoms with Crippen LogP contribution in [0.5, 0.6) is 0 Å². The van der Waals surface area contributed by atoms with Crippen molar-refractivity contribution in [2.75, 3.05) is 26.2 Å². The highest BCUT2D eigenvalue weighted by Crippen LogP contribution is 2.18. The molecule has 1 fully saturated rings. The first kappa shape index (κ1) is 22.2. The lowest BCUT2D eigenvalue weighted by atomic mass is 10.1. The van der Waals surface area contributed by atoms with E-state index in [9.17, 15) is 19.7 Å². The van der Waals surface area contributed by atoms with Crippen molar-refractivity contribution in [3.8, 4) is 0 Å². The van der Waals surface area contributed by atoms with Crippen LogP contribution < -0.4 is 10.6 Å². The Morgan fingerprint density at radius 1 is 1.03 bits per heavy atom. The van der Waals surface area contributed by atoms with Gasteiger partial charge in [0.25, 0.3) is 11.6 Å². The van der Waals surface area contributed by atoms with Crippen molar-refractivity contribution in [2.24, 2.45) is 0 Å². The van der Waals surface area contributed by atoms with Gasteiger partial charge in [0, 0.05) is 37.3 Å². The van der Waals surface area contributed by atoms with Gasteiger partial charge in [-0.3, -0.25) is 19.7 Å². The van der Waals surface area contributed by atoms with Crippen LogP contribution in [0.4, 0.5) is 5.69 Å². The second-order valence-electron chi connectivity index (χ2n) is 7.37. The minimum Gasteiger partial charge on any atom is -0.351 e. The molecule has 0 spiro atoms. The highest BCUT2D eigenvalue weighted by atomic mass is 16.6. The SMILES string of the molecule is O=C(C=Cc1ccccc1[N+](=O)[O-])NCc1ccc(C(=O)NCCN2CCCC2)cc1. The number of carbonyl (C=O) groups is 2. The van der Waals surface area contributed by atoms with Crippen LogP contribution in [-0.4, -0.2) is 47.8 Å². The van der Waals surface area contributed by atoms with E-state index >= 15 is 0 Å². The molecule has 0 aliphatic carbocycles. The van der Waals surface area contributed by atoms with E-state index < -0.39 is 4.92 Å². The van der Waals surface area contributed by atoms with Crippen LogP contribution in [0.3, 0.4) is 0 Å². The van der Waals surface area contributed by atoms with Gasteiger partial charge >= 0.3 is 0 Å². The molecule has 2 aromatic rings. The minimum atomic E-state index is -0.484. The van der Waals surface area contributed by atoms with E-state index in [4.69, 9.17) is 0 Å². The van der Waals surface area contributed by atoms with Crippen molar-refractivity contribution in [2.45, 2.75) is 19.4 Å². The maximum Gasteiger partial charge on any atom is 0.276 e. The number of nitrogens with zero attached hydrogens (tertiary/aromatic N) is 2. The van der Waals surface area contributed by atoms with Gasteiger partial charge in [0.15, 0.2) is 0 Å². The van der Waals surface area contributed by atoms with Crippen LogP contribution in [0.2, 0.25) is 0 Å². The highest BCUT2D eigenvalue weighted by molar-refractivity contribution is 5.94. The van der Waals surface area contributed by atoms with Crippen molar-refractivity contribution >= 4 is 23.6 Å². The molecule has 1 aliphatic heterocycles. The molecule has 0 atom stereocenters. The molecule has 2 aromatic carbocycles. The molecular formula is C23H26N4O4. The van der Waals surface area contributed by atoms with Crippen LogP contribution in [0.25, 0.3) is 6.08 Å². The number of amides is 2. The number of hydrogen-bond acceptors (Lipinski definition) is 5. The zero-order valence-electron chi connectivity index (χ0n) is 17.3. The predicted octanol–water partition coefficient (Wildman–Crippen LogP) is 2.75. The fourth-order valence-electron chi connectivity index (χ4n) is 3.42. The number of nitrogens with one attached hydrogen (secondary N) is 2. The van der Waals surface area contributed by atoms with Gasteiger partial charge in [-0.15, -0.1) is 0 Å². The summed E-state index contributed by atoms with van der Waals surface area (Å²) in [5.41, 5.74) is 1.73. The van der Waals surface area contributed by atoms with E-state index in [0.717, 1.165) is 25.2 Å².